The number of carbonyl (C=O) groups excluding carboxylic acids is 2. The van der Waals surface area contributed by atoms with Crippen molar-refractivity contribution in [3.63, 3.8) is 0 Å². The van der Waals surface area contributed by atoms with Crippen LogP contribution in [0.2, 0.25) is 5.02 Å². The Hall–Kier alpha value is -3.98. The number of hydrogen-bond acceptors (Lipinski definition) is 6. The summed E-state index contributed by atoms with van der Waals surface area (Å²) in [5.74, 6) is -1.33. The van der Waals surface area contributed by atoms with Crippen molar-refractivity contribution < 1.29 is 19.2 Å². The average Bonchev–Trinajstić information content (AvgIpc) is 3.05. The van der Waals surface area contributed by atoms with Gasteiger partial charge in [-0.1, -0.05) is 41.4 Å². The summed E-state index contributed by atoms with van der Waals surface area (Å²) in [6.07, 6.45) is 2.84. The van der Waals surface area contributed by atoms with Crippen LogP contribution in [0.5, 0.6) is 0 Å². The molecule has 3 aromatic rings. The molecule has 0 bridgehead atoms. The Morgan fingerprint density at radius 1 is 1.18 bits per heavy atom. The summed E-state index contributed by atoms with van der Waals surface area (Å²) < 4.78 is 6.84. The molecule has 0 aliphatic carbocycles. The molecule has 0 aliphatic heterocycles. The lowest BCUT2D eigenvalue weighted by atomic mass is 10.1. The topological polar surface area (TPSA) is 116 Å². The number of nitrogens with zero attached hydrogens (tertiary/aromatic N) is 3. The number of rotatable bonds is 8. The van der Waals surface area contributed by atoms with Crippen molar-refractivity contribution in [3.8, 4) is 0 Å². The zero-order valence-corrected chi connectivity index (χ0v) is 19.6. The van der Waals surface area contributed by atoms with Crippen LogP contribution in [0.15, 0.2) is 48.5 Å². The second kappa shape index (κ2) is 10.8. The SMILES string of the molecule is Cc1ccc(Cn2nc(C)c(/C=C/C(=O)OCC(=O)Nc3ccc([N+](=O)[O-])cc3Cl)c2C)cc1. The van der Waals surface area contributed by atoms with Crippen LogP contribution in [0.25, 0.3) is 6.08 Å². The van der Waals surface area contributed by atoms with Crippen molar-refractivity contribution in [2.75, 3.05) is 11.9 Å². The minimum absolute atomic E-state index is 0.00220. The molecular weight excluding hydrogens is 460 g/mol. The molecule has 0 aliphatic rings. The number of aromatic nitrogens is 2. The maximum Gasteiger partial charge on any atom is 0.331 e. The first kappa shape index (κ1) is 24.7. The van der Waals surface area contributed by atoms with Gasteiger partial charge in [0.05, 0.1) is 27.9 Å². The van der Waals surface area contributed by atoms with Crippen LogP contribution in [-0.4, -0.2) is 33.2 Å². The normalized spacial score (nSPS) is 10.9. The van der Waals surface area contributed by atoms with E-state index in [0.29, 0.717) is 6.54 Å². The van der Waals surface area contributed by atoms with Crippen LogP contribution in [0, 0.1) is 30.9 Å². The zero-order chi connectivity index (χ0) is 24.8. The first-order chi connectivity index (χ1) is 16.1. The molecule has 1 N–H and O–H groups in total. The number of ether oxygens (including phenoxy) is 1. The summed E-state index contributed by atoms with van der Waals surface area (Å²) in [5, 5.41) is 17.7. The predicted molar refractivity (Wildman–Crippen MR) is 129 cm³/mol. The van der Waals surface area contributed by atoms with Gasteiger partial charge in [-0.25, -0.2) is 4.79 Å². The Morgan fingerprint density at radius 3 is 2.53 bits per heavy atom. The van der Waals surface area contributed by atoms with Crippen LogP contribution >= 0.6 is 11.6 Å². The quantitative estimate of drug-likeness (QED) is 0.217. The number of non-ortho nitro benzene ring substituents is 1. The molecule has 3 rings (SSSR count). The van der Waals surface area contributed by atoms with E-state index < -0.39 is 23.4 Å². The van der Waals surface area contributed by atoms with E-state index in [2.05, 4.69) is 10.4 Å². The fourth-order valence-electron chi connectivity index (χ4n) is 3.21. The van der Waals surface area contributed by atoms with Gasteiger partial charge in [0.25, 0.3) is 11.6 Å². The molecule has 0 saturated carbocycles. The van der Waals surface area contributed by atoms with Crippen LogP contribution in [0.1, 0.15) is 28.1 Å². The summed E-state index contributed by atoms with van der Waals surface area (Å²) in [7, 11) is 0. The van der Waals surface area contributed by atoms with Gasteiger partial charge in [-0.2, -0.15) is 5.10 Å². The molecule has 10 heteroatoms. The van der Waals surface area contributed by atoms with Crippen molar-refractivity contribution in [2.24, 2.45) is 0 Å². The number of carbonyl (C=O) groups is 2. The molecule has 9 nitrogen and oxygen atoms in total. The third kappa shape index (κ3) is 6.29. The maximum atomic E-state index is 12.1. The van der Waals surface area contributed by atoms with Gasteiger partial charge in [0, 0.05) is 29.5 Å². The summed E-state index contributed by atoms with van der Waals surface area (Å²) in [6.45, 7) is 5.87. The average molecular weight is 483 g/mol. The zero-order valence-electron chi connectivity index (χ0n) is 18.9. The lowest BCUT2D eigenvalue weighted by Crippen LogP contribution is -2.20. The number of nitro benzene ring substituents is 1. The van der Waals surface area contributed by atoms with E-state index in [1.807, 2.05) is 49.7 Å². The number of anilines is 1. The fourth-order valence-corrected chi connectivity index (χ4v) is 3.44. The molecule has 34 heavy (non-hydrogen) atoms. The molecule has 0 fully saturated rings. The van der Waals surface area contributed by atoms with Gasteiger partial charge >= 0.3 is 5.97 Å². The number of nitrogens with one attached hydrogen (secondary N) is 1. The van der Waals surface area contributed by atoms with Crippen molar-refractivity contribution >= 4 is 40.9 Å². The standard InChI is InChI=1S/C24H23ClN4O5/c1-15-4-6-18(7-5-15)13-28-17(3)20(16(2)27-28)9-11-24(31)34-14-23(30)26-22-10-8-19(29(32)33)12-21(22)25/h4-12H,13-14H2,1-3H3,(H,26,30)/b11-9+. The van der Waals surface area contributed by atoms with Crippen molar-refractivity contribution in [1.29, 1.82) is 0 Å². The van der Waals surface area contributed by atoms with Crippen molar-refractivity contribution in [2.45, 2.75) is 27.3 Å². The van der Waals surface area contributed by atoms with E-state index in [1.165, 1.54) is 23.8 Å². The smallest absolute Gasteiger partial charge is 0.331 e. The molecule has 1 heterocycles. The second-order valence-corrected chi connectivity index (χ2v) is 8.05. The van der Waals surface area contributed by atoms with E-state index in [-0.39, 0.29) is 16.4 Å². The molecule has 0 atom stereocenters. The van der Waals surface area contributed by atoms with E-state index in [9.17, 15) is 19.7 Å². The van der Waals surface area contributed by atoms with E-state index in [1.54, 1.807) is 6.08 Å². The van der Waals surface area contributed by atoms with Crippen LogP contribution in [-0.2, 0) is 20.9 Å². The summed E-state index contributed by atoms with van der Waals surface area (Å²) in [4.78, 5) is 34.3. The number of benzene rings is 2. The molecular formula is C24H23ClN4O5. The minimum Gasteiger partial charge on any atom is -0.452 e. The monoisotopic (exact) mass is 482 g/mol. The Labute approximate surface area is 201 Å². The lowest BCUT2D eigenvalue weighted by Gasteiger charge is -2.07. The lowest BCUT2D eigenvalue weighted by molar-refractivity contribution is -0.384. The van der Waals surface area contributed by atoms with Gasteiger partial charge in [-0.3, -0.25) is 19.6 Å². The highest BCUT2D eigenvalue weighted by molar-refractivity contribution is 6.34. The van der Waals surface area contributed by atoms with Gasteiger partial charge in [-0.05, 0) is 38.5 Å². The molecule has 176 valence electrons. The van der Waals surface area contributed by atoms with Crippen LogP contribution in [0.4, 0.5) is 11.4 Å². The third-order valence-electron chi connectivity index (χ3n) is 5.06. The molecule has 0 spiro atoms. The first-order valence-corrected chi connectivity index (χ1v) is 10.7. The number of esters is 1. The molecule has 0 unspecified atom stereocenters. The summed E-state index contributed by atoms with van der Waals surface area (Å²) in [5.41, 5.74) is 4.73. The van der Waals surface area contributed by atoms with Crippen LogP contribution < -0.4 is 5.32 Å². The fraction of sp³-hybridized carbons (Fsp3) is 0.208. The Morgan fingerprint density at radius 2 is 1.88 bits per heavy atom. The summed E-state index contributed by atoms with van der Waals surface area (Å²) in [6, 6.07) is 11.8. The van der Waals surface area contributed by atoms with Crippen molar-refractivity contribution in [1.82, 2.24) is 9.78 Å². The molecule has 0 saturated heterocycles. The summed E-state index contributed by atoms with van der Waals surface area (Å²) >= 11 is 5.94. The van der Waals surface area contributed by atoms with Gasteiger partial charge in [0.2, 0.25) is 0 Å². The highest BCUT2D eigenvalue weighted by Gasteiger charge is 2.13. The Bertz CT molecular complexity index is 1270. The third-order valence-corrected chi connectivity index (χ3v) is 5.37. The van der Waals surface area contributed by atoms with Gasteiger partial charge in [0.15, 0.2) is 6.61 Å². The second-order valence-electron chi connectivity index (χ2n) is 7.64. The number of halogens is 1. The number of aryl methyl sites for hydroxylation is 2. The highest BCUT2D eigenvalue weighted by Crippen LogP contribution is 2.26. The number of amides is 1. The number of hydrogen-bond donors (Lipinski definition) is 1. The highest BCUT2D eigenvalue weighted by atomic mass is 35.5. The van der Waals surface area contributed by atoms with Gasteiger partial charge in [-0.15, -0.1) is 0 Å². The van der Waals surface area contributed by atoms with E-state index in [0.717, 1.165) is 28.6 Å². The Kier molecular flexibility index (Phi) is 7.80. The van der Waals surface area contributed by atoms with Crippen LogP contribution in [0.3, 0.4) is 0 Å². The molecule has 1 aromatic heterocycles. The molecule has 0 radical (unpaired) electrons. The van der Waals surface area contributed by atoms with Gasteiger partial charge < -0.3 is 10.1 Å². The van der Waals surface area contributed by atoms with E-state index >= 15 is 0 Å². The predicted octanol–water partition coefficient (Wildman–Crippen LogP) is 4.61. The minimum atomic E-state index is -0.699. The van der Waals surface area contributed by atoms with E-state index in [4.69, 9.17) is 16.3 Å². The number of nitro groups is 1. The Balaban J connectivity index is 1.56. The first-order valence-electron chi connectivity index (χ1n) is 10.3. The van der Waals surface area contributed by atoms with Crippen molar-refractivity contribution in [3.05, 3.63) is 91.8 Å². The van der Waals surface area contributed by atoms with Gasteiger partial charge in [0.1, 0.15) is 0 Å². The largest absolute Gasteiger partial charge is 0.452 e. The molecule has 2 aromatic carbocycles. The molecule has 1 amide bonds. The maximum absolute atomic E-state index is 12.1.